The lowest BCUT2D eigenvalue weighted by Gasteiger charge is -2.21. The molecule has 30 heavy (non-hydrogen) atoms. The molecule has 1 aromatic heterocycles. The van der Waals surface area contributed by atoms with Crippen LogP contribution < -0.4 is 4.74 Å². The molecule has 0 bridgehead atoms. The average Bonchev–Trinajstić information content (AvgIpc) is 3.22. The van der Waals surface area contributed by atoms with Crippen LogP contribution in [0.2, 0.25) is 0 Å². The van der Waals surface area contributed by atoms with Gasteiger partial charge in [-0.1, -0.05) is 65.3 Å². The maximum atomic E-state index is 12.8. The molecule has 1 atom stereocenters. The van der Waals surface area contributed by atoms with Gasteiger partial charge in [-0.05, 0) is 31.4 Å². The largest absolute Gasteiger partial charge is 0.480 e. The fourth-order valence-corrected chi connectivity index (χ4v) is 3.35. The van der Waals surface area contributed by atoms with E-state index in [0.29, 0.717) is 17.5 Å². The number of likely N-dealkylation sites (N-methyl/N-ethyl adjacent to an activating group) is 1. The van der Waals surface area contributed by atoms with E-state index >= 15 is 0 Å². The van der Waals surface area contributed by atoms with Gasteiger partial charge in [0, 0.05) is 18.0 Å². The molecule has 4 aromatic rings. The lowest BCUT2D eigenvalue weighted by atomic mass is 10.1. The van der Waals surface area contributed by atoms with E-state index < -0.39 is 6.10 Å². The zero-order valence-corrected chi connectivity index (χ0v) is 17.2. The molecule has 0 saturated heterocycles. The van der Waals surface area contributed by atoms with E-state index in [1.54, 1.807) is 14.0 Å². The Labute approximate surface area is 175 Å². The van der Waals surface area contributed by atoms with Gasteiger partial charge in [-0.25, -0.2) is 0 Å². The Balaban J connectivity index is 1.43. The number of nitrogens with zero attached hydrogens (tertiary/aromatic N) is 3. The normalized spacial score (nSPS) is 12.0. The van der Waals surface area contributed by atoms with E-state index in [0.717, 1.165) is 21.9 Å². The molecular formula is C24H23N3O3. The van der Waals surface area contributed by atoms with Crippen molar-refractivity contribution >= 4 is 16.7 Å². The van der Waals surface area contributed by atoms with E-state index in [4.69, 9.17) is 9.26 Å². The van der Waals surface area contributed by atoms with Crippen molar-refractivity contribution < 1.29 is 14.1 Å². The first kappa shape index (κ1) is 19.6. The van der Waals surface area contributed by atoms with Crippen molar-refractivity contribution in [3.05, 3.63) is 78.2 Å². The first-order valence-electron chi connectivity index (χ1n) is 9.80. The van der Waals surface area contributed by atoms with Crippen molar-refractivity contribution in [2.45, 2.75) is 26.5 Å². The minimum absolute atomic E-state index is 0.168. The summed E-state index contributed by atoms with van der Waals surface area (Å²) in [5.41, 5.74) is 2.00. The topological polar surface area (TPSA) is 68.5 Å². The van der Waals surface area contributed by atoms with E-state index in [9.17, 15) is 4.79 Å². The van der Waals surface area contributed by atoms with E-state index in [-0.39, 0.29) is 12.5 Å². The molecule has 152 valence electrons. The van der Waals surface area contributed by atoms with E-state index in [1.165, 1.54) is 4.90 Å². The monoisotopic (exact) mass is 401 g/mol. The first-order valence-corrected chi connectivity index (χ1v) is 9.80. The van der Waals surface area contributed by atoms with Gasteiger partial charge < -0.3 is 14.2 Å². The molecule has 6 heteroatoms. The molecule has 1 amide bonds. The van der Waals surface area contributed by atoms with Gasteiger partial charge in [-0.2, -0.15) is 4.98 Å². The number of fused-ring (bicyclic) bond motifs is 1. The van der Waals surface area contributed by atoms with Gasteiger partial charge in [0.05, 0.1) is 6.54 Å². The van der Waals surface area contributed by atoms with Crippen molar-refractivity contribution in [1.29, 1.82) is 0 Å². The second kappa shape index (κ2) is 8.37. The summed E-state index contributed by atoms with van der Waals surface area (Å²) in [5, 5.41) is 6.07. The van der Waals surface area contributed by atoms with Crippen LogP contribution in [0.15, 0.2) is 71.3 Å². The summed E-state index contributed by atoms with van der Waals surface area (Å²) in [6.07, 6.45) is -0.653. The molecule has 0 aliphatic carbocycles. The molecular weight excluding hydrogens is 378 g/mol. The molecule has 4 rings (SSSR count). The summed E-state index contributed by atoms with van der Waals surface area (Å²) in [5.74, 6) is 1.40. The first-order chi connectivity index (χ1) is 14.5. The number of benzene rings is 3. The molecule has 0 spiro atoms. The molecule has 1 heterocycles. The molecule has 6 nitrogen and oxygen atoms in total. The van der Waals surface area contributed by atoms with Gasteiger partial charge in [0.25, 0.3) is 5.91 Å². The van der Waals surface area contributed by atoms with Crippen molar-refractivity contribution in [1.82, 2.24) is 15.0 Å². The minimum Gasteiger partial charge on any atom is -0.480 e. The predicted molar refractivity (Wildman–Crippen MR) is 115 cm³/mol. The number of aromatic nitrogens is 2. The van der Waals surface area contributed by atoms with Gasteiger partial charge in [0.2, 0.25) is 11.7 Å². The number of aryl methyl sites for hydroxylation is 1. The standard InChI is InChI=1S/C24H23N3O3/c1-16-8-6-11-19(14-16)23-25-22(30-26-23)15-27(3)24(28)17(2)29-21-13-7-10-18-9-4-5-12-20(18)21/h4-14,17H,15H2,1-3H3. The van der Waals surface area contributed by atoms with Crippen LogP contribution in [0.3, 0.4) is 0 Å². The maximum Gasteiger partial charge on any atom is 0.263 e. The minimum atomic E-state index is -0.653. The third kappa shape index (κ3) is 4.17. The molecule has 0 fully saturated rings. The van der Waals surface area contributed by atoms with Crippen LogP contribution in [0.4, 0.5) is 0 Å². The number of carbonyl (C=O) groups excluding carboxylic acids is 1. The van der Waals surface area contributed by atoms with Gasteiger partial charge >= 0.3 is 0 Å². The second-order valence-electron chi connectivity index (χ2n) is 7.31. The number of hydrogen-bond acceptors (Lipinski definition) is 5. The summed E-state index contributed by atoms with van der Waals surface area (Å²) in [7, 11) is 1.70. The fraction of sp³-hybridized carbons (Fsp3) is 0.208. The SMILES string of the molecule is Cc1cccc(-c2noc(CN(C)C(=O)C(C)Oc3cccc4ccccc34)n2)c1. The van der Waals surface area contributed by atoms with Crippen molar-refractivity contribution in [2.24, 2.45) is 0 Å². The number of amides is 1. The van der Waals surface area contributed by atoms with Gasteiger partial charge in [0.15, 0.2) is 6.10 Å². The van der Waals surface area contributed by atoms with Gasteiger partial charge in [0.1, 0.15) is 5.75 Å². The fourth-order valence-electron chi connectivity index (χ4n) is 3.35. The second-order valence-corrected chi connectivity index (χ2v) is 7.31. The lowest BCUT2D eigenvalue weighted by Crippen LogP contribution is -2.37. The van der Waals surface area contributed by atoms with Gasteiger partial charge in [-0.3, -0.25) is 4.79 Å². The van der Waals surface area contributed by atoms with Crippen LogP contribution in [0.1, 0.15) is 18.4 Å². The molecule has 0 saturated carbocycles. The summed E-state index contributed by atoms with van der Waals surface area (Å²) in [6, 6.07) is 21.6. The Morgan fingerprint density at radius 3 is 2.70 bits per heavy atom. The van der Waals surface area contributed by atoms with Crippen molar-refractivity contribution in [3.8, 4) is 17.1 Å². The summed E-state index contributed by atoms with van der Waals surface area (Å²) in [6.45, 7) is 3.96. The predicted octanol–water partition coefficient (Wildman–Crippen LogP) is 4.62. The highest BCUT2D eigenvalue weighted by Crippen LogP contribution is 2.26. The van der Waals surface area contributed by atoms with Crippen LogP contribution in [0.5, 0.6) is 5.75 Å². The van der Waals surface area contributed by atoms with E-state index in [1.807, 2.05) is 73.7 Å². The number of hydrogen-bond donors (Lipinski definition) is 0. The van der Waals surface area contributed by atoms with Crippen LogP contribution in [-0.2, 0) is 11.3 Å². The Kier molecular flexibility index (Phi) is 5.48. The number of carbonyl (C=O) groups is 1. The Hall–Kier alpha value is -3.67. The molecule has 0 aliphatic heterocycles. The van der Waals surface area contributed by atoms with Crippen LogP contribution in [-0.4, -0.2) is 34.1 Å². The number of rotatable bonds is 6. The third-order valence-corrected chi connectivity index (χ3v) is 4.89. The van der Waals surface area contributed by atoms with Crippen LogP contribution in [0, 0.1) is 6.92 Å². The molecule has 0 radical (unpaired) electrons. The van der Waals surface area contributed by atoms with Crippen LogP contribution >= 0.6 is 0 Å². The molecule has 0 N–H and O–H groups in total. The highest BCUT2D eigenvalue weighted by Gasteiger charge is 2.22. The molecule has 0 aliphatic rings. The quantitative estimate of drug-likeness (QED) is 0.471. The lowest BCUT2D eigenvalue weighted by molar-refractivity contribution is -0.137. The van der Waals surface area contributed by atoms with E-state index in [2.05, 4.69) is 10.1 Å². The highest BCUT2D eigenvalue weighted by molar-refractivity contribution is 5.89. The van der Waals surface area contributed by atoms with Crippen molar-refractivity contribution in [3.63, 3.8) is 0 Å². The summed E-state index contributed by atoms with van der Waals surface area (Å²) in [4.78, 5) is 18.8. The number of ether oxygens (including phenoxy) is 1. The maximum absolute atomic E-state index is 12.8. The Bertz CT molecular complexity index is 1180. The average molecular weight is 401 g/mol. The summed E-state index contributed by atoms with van der Waals surface area (Å²) < 4.78 is 11.3. The highest BCUT2D eigenvalue weighted by atomic mass is 16.5. The zero-order chi connectivity index (χ0) is 21.1. The molecule has 1 unspecified atom stereocenters. The van der Waals surface area contributed by atoms with Crippen molar-refractivity contribution in [2.75, 3.05) is 7.05 Å². The third-order valence-electron chi connectivity index (χ3n) is 4.89. The van der Waals surface area contributed by atoms with Crippen LogP contribution in [0.25, 0.3) is 22.2 Å². The molecule has 3 aromatic carbocycles. The smallest absolute Gasteiger partial charge is 0.263 e. The summed E-state index contributed by atoms with van der Waals surface area (Å²) >= 11 is 0. The van der Waals surface area contributed by atoms with Gasteiger partial charge in [-0.15, -0.1) is 0 Å². The Morgan fingerprint density at radius 1 is 1.10 bits per heavy atom. The Morgan fingerprint density at radius 2 is 1.87 bits per heavy atom. The zero-order valence-electron chi connectivity index (χ0n) is 17.2.